The van der Waals surface area contributed by atoms with Crippen LogP contribution in [-0.2, 0) is 0 Å². The summed E-state index contributed by atoms with van der Waals surface area (Å²) in [5.41, 5.74) is 2.31. The molecule has 0 aromatic heterocycles. The Morgan fingerprint density at radius 1 is 0.469 bits per heavy atom. The van der Waals surface area contributed by atoms with E-state index >= 15 is 0 Å². The van der Waals surface area contributed by atoms with Gasteiger partial charge in [0.1, 0.15) is 0 Å². The SMILES string of the molecule is O=C(Nc1cccc2ccccc12)c1cccc(C(=O)Nc2cccc3ccccc23)c1. The van der Waals surface area contributed by atoms with Crippen molar-refractivity contribution in [1.29, 1.82) is 0 Å². The van der Waals surface area contributed by atoms with Crippen molar-refractivity contribution in [2.24, 2.45) is 0 Å². The second-order valence-corrected chi connectivity index (χ2v) is 7.54. The third-order valence-corrected chi connectivity index (χ3v) is 5.46. The van der Waals surface area contributed by atoms with E-state index in [-0.39, 0.29) is 11.8 Å². The molecule has 4 nitrogen and oxygen atoms in total. The van der Waals surface area contributed by atoms with Gasteiger partial charge in [-0.2, -0.15) is 0 Å². The lowest BCUT2D eigenvalue weighted by molar-refractivity contribution is 0.102. The molecule has 0 saturated heterocycles. The molecule has 32 heavy (non-hydrogen) atoms. The molecule has 154 valence electrons. The van der Waals surface area contributed by atoms with Gasteiger partial charge in [0.05, 0.1) is 0 Å². The van der Waals surface area contributed by atoms with Gasteiger partial charge in [-0.1, -0.05) is 78.9 Å². The molecule has 5 rings (SSSR count). The zero-order valence-corrected chi connectivity index (χ0v) is 17.2. The zero-order chi connectivity index (χ0) is 21.9. The molecular weight excluding hydrogens is 396 g/mol. The molecule has 5 aromatic carbocycles. The number of amides is 2. The quantitative estimate of drug-likeness (QED) is 0.351. The van der Waals surface area contributed by atoms with Gasteiger partial charge in [-0.15, -0.1) is 0 Å². The molecule has 5 aromatic rings. The first-order chi connectivity index (χ1) is 15.7. The Morgan fingerprint density at radius 2 is 0.875 bits per heavy atom. The van der Waals surface area contributed by atoms with Crippen LogP contribution in [0.2, 0.25) is 0 Å². The largest absolute Gasteiger partial charge is 0.321 e. The molecular formula is C28H20N2O2. The summed E-state index contributed by atoms with van der Waals surface area (Å²) in [7, 11) is 0. The number of carbonyl (C=O) groups excluding carboxylic acids is 2. The van der Waals surface area contributed by atoms with Gasteiger partial charge >= 0.3 is 0 Å². The van der Waals surface area contributed by atoms with Gasteiger partial charge in [0.2, 0.25) is 0 Å². The second kappa shape index (κ2) is 8.36. The monoisotopic (exact) mass is 416 g/mol. The van der Waals surface area contributed by atoms with Crippen LogP contribution in [0, 0.1) is 0 Å². The number of nitrogens with one attached hydrogen (secondary N) is 2. The zero-order valence-electron chi connectivity index (χ0n) is 17.2. The van der Waals surface area contributed by atoms with Crippen molar-refractivity contribution in [2.75, 3.05) is 10.6 Å². The molecule has 4 heteroatoms. The van der Waals surface area contributed by atoms with E-state index in [9.17, 15) is 9.59 Å². The maximum atomic E-state index is 12.9. The van der Waals surface area contributed by atoms with Crippen molar-refractivity contribution >= 4 is 44.7 Å². The number of anilines is 2. The first-order valence-electron chi connectivity index (χ1n) is 10.4. The summed E-state index contributed by atoms with van der Waals surface area (Å²) < 4.78 is 0. The lowest BCUT2D eigenvalue weighted by Crippen LogP contribution is -2.15. The lowest BCUT2D eigenvalue weighted by Gasteiger charge is -2.11. The van der Waals surface area contributed by atoms with Gasteiger partial charge in [-0.3, -0.25) is 9.59 Å². The van der Waals surface area contributed by atoms with Crippen LogP contribution in [0.25, 0.3) is 21.5 Å². The van der Waals surface area contributed by atoms with Gasteiger partial charge in [0, 0.05) is 33.3 Å². The van der Waals surface area contributed by atoms with E-state index in [1.807, 2.05) is 84.9 Å². The highest BCUT2D eigenvalue weighted by Crippen LogP contribution is 2.25. The standard InChI is InChI=1S/C28H20N2O2/c31-27(29-25-16-6-10-19-8-1-3-14-23(19)25)21-12-5-13-22(18-21)28(32)30-26-17-7-11-20-9-2-4-15-24(20)26/h1-18H,(H,29,31)(H,30,32). The summed E-state index contributed by atoms with van der Waals surface area (Å²) in [5, 5.41) is 9.97. The van der Waals surface area contributed by atoms with Gasteiger partial charge in [0.15, 0.2) is 0 Å². The predicted octanol–water partition coefficient (Wildman–Crippen LogP) is 6.50. The Labute approximate surface area is 185 Å². The highest BCUT2D eigenvalue weighted by atomic mass is 16.2. The summed E-state index contributed by atoms with van der Waals surface area (Å²) in [6.45, 7) is 0. The first-order valence-corrected chi connectivity index (χ1v) is 10.4. The van der Waals surface area contributed by atoms with Crippen LogP contribution in [0.4, 0.5) is 11.4 Å². The van der Waals surface area contributed by atoms with Crippen LogP contribution in [0.1, 0.15) is 20.7 Å². The van der Waals surface area contributed by atoms with E-state index in [4.69, 9.17) is 0 Å². The highest BCUT2D eigenvalue weighted by molar-refractivity contribution is 6.12. The van der Waals surface area contributed by atoms with Crippen LogP contribution >= 0.6 is 0 Å². The molecule has 2 N–H and O–H groups in total. The Hall–Kier alpha value is -4.44. The number of hydrogen-bond donors (Lipinski definition) is 2. The molecule has 2 amide bonds. The van der Waals surface area contributed by atoms with E-state index in [0.29, 0.717) is 11.1 Å². The molecule has 0 saturated carbocycles. The Balaban J connectivity index is 1.39. The van der Waals surface area contributed by atoms with Crippen LogP contribution in [0.15, 0.2) is 109 Å². The molecule has 0 aliphatic rings. The van der Waals surface area contributed by atoms with E-state index in [2.05, 4.69) is 10.6 Å². The smallest absolute Gasteiger partial charge is 0.255 e. The van der Waals surface area contributed by atoms with E-state index < -0.39 is 0 Å². The molecule has 0 aliphatic heterocycles. The third-order valence-electron chi connectivity index (χ3n) is 5.46. The fourth-order valence-corrected chi connectivity index (χ4v) is 3.86. The van der Waals surface area contributed by atoms with E-state index in [1.165, 1.54) is 0 Å². The normalized spacial score (nSPS) is 10.8. The van der Waals surface area contributed by atoms with Crippen LogP contribution in [0.5, 0.6) is 0 Å². The van der Waals surface area contributed by atoms with Crippen LogP contribution in [-0.4, -0.2) is 11.8 Å². The summed E-state index contributed by atoms with van der Waals surface area (Å²) in [5.74, 6) is -0.526. The van der Waals surface area contributed by atoms with Crippen molar-refractivity contribution in [3.05, 3.63) is 120 Å². The maximum absolute atomic E-state index is 12.9. The molecule has 0 heterocycles. The molecule has 0 radical (unpaired) electrons. The van der Waals surface area contributed by atoms with Crippen molar-refractivity contribution in [3.8, 4) is 0 Å². The Kier molecular flexibility index (Phi) is 5.10. The van der Waals surface area contributed by atoms with Crippen LogP contribution in [0.3, 0.4) is 0 Å². The topological polar surface area (TPSA) is 58.2 Å². The van der Waals surface area contributed by atoms with Gasteiger partial charge in [-0.05, 0) is 41.1 Å². The van der Waals surface area contributed by atoms with E-state index in [1.54, 1.807) is 24.3 Å². The summed E-state index contributed by atoms with van der Waals surface area (Å²) in [4.78, 5) is 25.8. The number of hydrogen-bond acceptors (Lipinski definition) is 2. The molecule has 0 atom stereocenters. The molecule has 0 spiro atoms. The van der Waals surface area contributed by atoms with Crippen molar-refractivity contribution in [3.63, 3.8) is 0 Å². The van der Waals surface area contributed by atoms with Crippen molar-refractivity contribution in [1.82, 2.24) is 0 Å². The van der Waals surface area contributed by atoms with Crippen LogP contribution < -0.4 is 10.6 Å². The minimum absolute atomic E-state index is 0.263. The first kappa shape index (κ1) is 19.5. The minimum Gasteiger partial charge on any atom is -0.321 e. The average Bonchev–Trinajstić information content (AvgIpc) is 2.84. The fraction of sp³-hybridized carbons (Fsp3) is 0. The number of benzene rings is 5. The number of fused-ring (bicyclic) bond motifs is 2. The van der Waals surface area contributed by atoms with Gasteiger partial charge in [-0.25, -0.2) is 0 Å². The molecule has 0 bridgehead atoms. The van der Waals surface area contributed by atoms with Gasteiger partial charge in [0.25, 0.3) is 11.8 Å². The van der Waals surface area contributed by atoms with Crippen molar-refractivity contribution in [2.45, 2.75) is 0 Å². The molecule has 0 aliphatic carbocycles. The average molecular weight is 416 g/mol. The highest BCUT2D eigenvalue weighted by Gasteiger charge is 2.13. The summed E-state index contributed by atoms with van der Waals surface area (Å²) in [6.07, 6.45) is 0. The van der Waals surface area contributed by atoms with Gasteiger partial charge < -0.3 is 10.6 Å². The Bertz CT molecular complexity index is 1350. The molecule has 0 unspecified atom stereocenters. The fourth-order valence-electron chi connectivity index (χ4n) is 3.86. The second-order valence-electron chi connectivity index (χ2n) is 7.54. The maximum Gasteiger partial charge on any atom is 0.255 e. The number of carbonyl (C=O) groups is 2. The summed E-state index contributed by atoms with van der Waals surface area (Å²) in [6, 6.07) is 34.1. The predicted molar refractivity (Wildman–Crippen MR) is 130 cm³/mol. The Morgan fingerprint density at radius 3 is 1.38 bits per heavy atom. The van der Waals surface area contributed by atoms with Crippen molar-refractivity contribution < 1.29 is 9.59 Å². The third kappa shape index (κ3) is 3.82. The number of rotatable bonds is 4. The minimum atomic E-state index is -0.263. The molecule has 0 fully saturated rings. The lowest BCUT2D eigenvalue weighted by atomic mass is 10.1. The van der Waals surface area contributed by atoms with E-state index in [0.717, 1.165) is 32.9 Å². The summed E-state index contributed by atoms with van der Waals surface area (Å²) >= 11 is 0.